The van der Waals surface area contributed by atoms with Crippen LogP contribution >= 0.6 is 15.9 Å². The van der Waals surface area contributed by atoms with Crippen molar-refractivity contribution >= 4 is 27.7 Å². The number of halogens is 1. The highest BCUT2D eigenvalue weighted by Gasteiger charge is 2.16. The van der Waals surface area contributed by atoms with Crippen molar-refractivity contribution in [3.8, 4) is 0 Å². The summed E-state index contributed by atoms with van der Waals surface area (Å²) >= 11 is 3.49. The number of nitrogens with two attached hydrogens (primary N) is 1. The van der Waals surface area contributed by atoms with Gasteiger partial charge in [-0.15, -0.1) is 0 Å². The molecule has 2 heterocycles. The standard InChI is InChI=1S/C10H17BrN6/c1-16-3-2-4-17(6-5-16)9-8(11)7-13-10(14-9)15-12/h7H,2-6,12H2,1H3,(H,13,14,15). The van der Waals surface area contributed by atoms with Crippen LogP contribution < -0.4 is 16.2 Å². The van der Waals surface area contributed by atoms with Crippen molar-refractivity contribution < 1.29 is 0 Å². The van der Waals surface area contributed by atoms with E-state index in [0.29, 0.717) is 5.95 Å². The average Bonchev–Trinajstić information content (AvgIpc) is 2.55. The van der Waals surface area contributed by atoms with E-state index in [4.69, 9.17) is 5.84 Å². The molecule has 0 radical (unpaired) electrons. The predicted molar refractivity (Wildman–Crippen MR) is 71.9 cm³/mol. The summed E-state index contributed by atoms with van der Waals surface area (Å²) in [6.07, 6.45) is 2.87. The largest absolute Gasteiger partial charge is 0.354 e. The Hall–Kier alpha value is -0.920. The molecular weight excluding hydrogens is 284 g/mol. The second-order valence-corrected chi connectivity index (χ2v) is 5.01. The maximum absolute atomic E-state index is 5.33. The number of anilines is 2. The maximum Gasteiger partial charge on any atom is 0.239 e. The highest BCUT2D eigenvalue weighted by atomic mass is 79.9. The molecule has 0 amide bonds. The minimum Gasteiger partial charge on any atom is -0.354 e. The molecular formula is C10H17BrN6. The lowest BCUT2D eigenvalue weighted by Crippen LogP contribution is -2.30. The Morgan fingerprint density at radius 2 is 2.18 bits per heavy atom. The lowest BCUT2D eigenvalue weighted by Gasteiger charge is -2.22. The van der Waals surface area contributed by atoms with Crippen molar-refractivity contribution in [1.82, 2.24) is 14.9 Å². The normalized spacial score (nSPS) is 17.9. The highest BCUT2D eigenvalue weighted by molar-refractivity contribution is 9.10. The zero-order valence-electron chi connectivity index (χ0n) is 9.86. The Labute approximate surface area is 109 Å². The highest BCUT2D eigenvalue weighted by Crippen LogP contribution is 2.24. The van der Waals surface area contributed by atoms with Crippen LogP contribution in [0, 0.1) is 0 Å². The van der Waals surface area contributed by atoms with Gasteiger partial charge in [-0.25, -0.2) is 10.8 Å². The van der Waals surface area contributed by atoms with Crippen molar-refractivity contribution in [2.24, 2.45) is 5.84 Å². The molecule has 1 aromatic heterocycles. The summed E-state index contributed by atoms with van der Waals surface area (Å²) in [4.78, 5) is 13.0. The van der Waals surface area contributed by atoms with Gasteiger partial charge in [-0.2, -0.15) is 4.98 Å². The lowest BCUT2D eigenvalue weighted by molar-refractivity contribution is 0.360. The fourth-order valence-electron chi connectivity index (χ4n) is 1.91. The van der Waals surface area contributed by atoms with Crippen molar-refractivity contribution in [2.45, 2.75) is 6.42 Å². The third-order valence-electron chi connectivity index (χ3n) is 2.87. The van der Waals surface area contributed by atoms with Gasteiger partial charge in [0.25, 0.3) is 0 Å². The van der Waals surface area contributed by atoms with Crippen molar-refractivity contribution in [3.63, 3.8) is 0 Å². The summed E-state index contributed by atoms with van der Waals surface area (Å²) in [6, 6.07) is 0. The average molecular weight is 301 g/mol. The second-order valence-electron chi connectivity index (χ2n) is 4.15. The van der Waals surface area contributed by atoms with E-state index in [-0.39, 0.29) is 0 Å². The molecule has 1 saturated heterocycles. The maximum atomic E-state index is 5.33. The van der Waals surface area contributed by atoms with Gasteiger partial charge in [0, 0.05) is 25.8 Å². The fourth-order valence-corrected chi connectivity index (χ4v) is 2.35. The second kappa shape index (κ2) is 5.61. The third kappa shape index (κ3) is 3.05. The van der Waals surface area contributed by atoms with Gasteiger partial charge in [0.15, 0.2) is 0 Å². The lowest BCUT2D eigenvalue weighted by atomic mass is 10.4. The van der Waals surface area contributed by atoms with Crippen molar-refractivity contribution in [2.75, 3.05) is 43.6 Å². The Bertz CT molecular complexity index is 385. The molecule has 0 bridgehead atoms. The van der Waals surface area contributed by atoms with Crippen LogP contribution in [0.5, 0.6) is 0 Å². The number of aromatic nitrogens is 2. The molecule has 1 aliphatic rings. The summed E-state index contributed by atoms with van der Waals surface area (Å²) < 4.78 is 0.904. The number of nitrogens with one attached hydrogen (secondary N) is 1. The van der Waals surface area contributed by atoms with E-state index < -0.39 is 0 Å². The van der Waals surface area contributed by atoms with Crippen LogP contribution in [0.25, 0.3) is 0 Å². The Morgan fingerprint density at radius 1 is 1.35 bits per heavy atom. The first-order valence-corrected chi connectivity index (χ1v) is 6.42. The molecule has 0 unspecified atom stereocenters. The molecule has 6 nitrogen and oxygen atoms in total. The zero-order chi connectivity index (χ0) is 12.3. The first-order valence-electron chi connectivity index (χ1n) is 5.63. The molecule has 1 aliphatic heterocycles. The SMILES string of the molecule is CN1CCCN(c2nc(NN)ncc2Br)CC1. The van der Waals surface area contributed by atoms with Gasteiger partial charge in [0.05, 0.1) is 4.47 Å². The summed E-state index contributed by atoms with van der Waals surface area (Å²) in [5, 5.41) is 0. The van der Waals surface area contributed by atoms with Crippen LogP contribution in [-0.2, 0) is 0 Å². The molecule has 0 atom stereocenters. The van der Waals surface area contributed by atoms with E-state index in [1.165, 1.54) is 0 Å². The topological polar surface area (TPSA) is 70.3 Å². The quantitative estimate of drug-likeness (QED) is 0.618. The van der Waals surface area contributed by atoms with E-state index in [1.807, 2.05) is 0 Å². The van der Waals surface area contributed by atoms with E-state index in [0.717, 1.165) is 42.9 Å². The summed E-state index contributed by atoms with van der Waals surface area (Å²) in [7, 11) is 2.14. The van der Waals surface area contributed by atoms with Gasteiger partial charge in [0.1, 0.15) is 5.82 Å². The predicted octanol–water partition coefficient (Wildman–Crippen LogP) is 0.667. The summed E-state index contributed by atoms with van der Waals surface area (Å²) in [5.74, 6) is 6.69. The number of hydrogen-bond acceptors (Lipinski definition) is 6. The molecule has 1 fully saturated rings. The minimum atomic E-state index is 0.445. The van der Waals surface area contributed by atoms with Gasteiger partial charge < -0.3 is 9.80 Å². The molecule has 1 aromatic rings. The number of nitrogen functional groups attached to an aromatic ring is 1. The smallest absolute Gasteiger partial charge is 0.239 e. The van der Waals surface area contributed by atoms with Gasteiger partial charge >= 0.3 is 0 Å². The molecule has 94 valence electrons. The first kappa shape index (κ1) is 12.5. The Balaban J connectivity index is 2.20. The number of rotatable bonds is 2. The fraction of sp³-hybridized carbons (Fsp3) is 0.600. The van der Waals surface area contributed by atoms with Crippen molar-refractivity contribution in [1.29, 1.82) is 0 Å². The number of nitrogens with zero attached hydrogens (tertiary/aromatic N) is 4. The molecule has 3 N–H and O–H groups in total. The number of likely N-dealkylation sites (N-methyl/N-ethyl adjacent to an activating group) is 1. The Morgan fingerprint density at radius 3 is 2.94 bits per heavy atom. The van der Waals surface area contributed by atoms with E-state index in [1.54, 1.807) is 6.20 Å². The van der Waals surface area contributed by atoms with E-state index >= 15 is 0 Å². The van der Waals surface area contributed by atoms with Gasteiger partial charge in [0.2, 0.25) is 5.95 Å². The molecule has 7 heteroatoms. The minimum absolute atomic E-state index is 0.445. The summed E-state index contributed by atoms with van der Waals surface area (Å²) in [5.41, 5.74) is 2.48. The van der Waals surface area contributed by atoms with Crippen LogP contribution in [0.1, 0.15) is 6.42 Å². The molecule has 0 aliphatic carbocycles. The number of hydrazine groups is 1. The molecule has 17 heavy (non-hydrogen) atoms. The van der Waals surface area contributed by atoms with Gasteiger partial charge in [-0.1, -0.05) is 0 Å². The van der Waals surface area contributed by atoms with Crippen LogP contribution in [0.2, 0.25) is 0 Å². The van der Waals surface area contributed by atoms with E-state index in [9.17, 15) is 0 Å². The van der Waals surface area contributed by atoms with Crippen LogP contribution in [-0.4, -0.2) is 48.1 Å². The van der Waals surface area contributed by atoms with Crippen LogP contribution in [0.4, 0.5) is 11.8 Å². The van der Waals surface area contributed by atoms with Gasteiger partial charge in [-0.05, 0) is 35.9 Å². The molecule has 0 aromatic carbocycles. The van der Waals surface area contributed by atoms with E-state index in [2.05, 4.69) is 48.2 Å². The molecule has 0 saturated carbocycles. The molecule has 0 spiro atoms. The zero-order valence-corrected chi connectivity index (χ0v) is 11.4. The molecule has 2 rings (SSSR count). The monoisotopic (exact) mass is 300 g/mol. The number of hydrogen-bond donors (Lipinski definition) is 2. The van der Waals surface area contributed by atoms with Crippen LogP contribution in [0.15, 0.2) is 10.7 Å². The third-order valence-corrected chi connectivity index (χ3v) is 3.43. The Kier molecular flexibility index (Phi) is 4.14. The summed E-state index contributed by atoms with van der Waals surface area (Å²) in [6.45, 7) is 4.14. The van der Waals surface area contributed by atoms with Crippen LogP contribution in [0.3, 0.4) is 0 Å². The van der Waals surface area contributed by atoms with Gasteiger partial charge in [-0.3, -0.25) is 5.43 Å². The van der Waals surface area contributed by atoms with Crippen molar-refractivity contribution in [3.05, 3.63) is 10.7 Å². The first-order chi connectivity index (χ1) is 8.20.